The topological polar surface area (TPSA) is 97.2 Å². The predicted molar refractivity (Wildman–Crippen MR) is 118 cm³/mol. The van der Waals surface area contributed by atoms with Gasteiger partial charge < -0.3 is 15.1 Å². The summed E-state index contributed by atoms with van der Waals surface area (Å²) in [5.74, 6) is -3.75. The lowest BCUT2D eigenvalue weighted by molar-refractivity contribution is -0.159. The zero-order valence-corrected chi connectivity index (χ0v) is 17.9. The number of pyridine rings is 1. The van der Waals surface area contributed by atoms with Crippen LogP contribution in [-0.2, 0) is 16.1 Å². The molecule has 0 spiro atoms. The number of hydrogen-bond donors (Lipinski definition) is 2. The second-order valence-corrected chi connectivity index (χ2v) is 7.95. The van der Waals surface area contributed by atoms with E-state index in [-0.39, 0.29) is 5.82 Å². The number of aromatic nitrogens is 1. The molecule has 1 aromatic carbocycles. The van der Waals surface area contributed by atoms with Crippen molar-refractivity contribution in [3.8, 4) is 0 Å². The first-order valence-corrected chi connectivity index (χ1v) is 10.7. The van der Waals surface area contributed by atoms with E-state index in [4.69, 9.17) is 19.8 Å². The number of carboxylic acid groups (broad SMARTS) is 2. The van der Waals surface area contributed by atoms with Crippen LogP contribution in [0.2, 0.25) is 0 Å². The number of benzene rings is 1. The SMILES string of the molecule is Fc1ccccc1N1CCN(C2CCN(Cc3ccncc3)CC2)CC1.O=C(O)C(=O)O. The number of piperazine rings is 1. The van der Waals surface area contributed by atoms with Crippen LogP contribution in [0.5, 0.6) is 0 Å². The lowest BCUT2D eigenvalue weighted by Gasteiger charge is -2.43. The Hall–Kier alpha value is -3.04. The second kappa shape index (κ2) is 11.5. The van der Waals surface area contributed by atoms with E-state index in [0.29, 0.717) is 6.04 Å². The van der Waals surface area contributed by atoms with E-state index >= 15 is 0 Å². The quantitative estimate of drug-likeness (QED) is 0.693. The van der Waals surface area contributed by atoms with Gasteiger partial charge in [0, 0.05) is 51.2 Å². The third-order valence-electron chi connectivity index (χ3n) is 5.92. The van der Waals surface area contributed by atoms with Gasteiger partial charge in [0.25, 0.3) is 0 Å². The number of likely N-dealkylation sites (tertiary alicyclic amines) is 1. The van der Waals surface area contributed by atoms with E-state index in [1.165, 1.54) is 18.4 Å². The molecule has 1 aromatic heterocycles. The molecule has 0 aliphatic carbocycles. The standard InChI is InChI=1S/C21H27FN4.C2H2O4/c22-20-3-1-2-4-21(20)26-15-13-25(14-16-26)19-7-11-24(12-8-19)17-18-5-9-23-10-6-18;3-1(4)2(5)6/h1-6,9-10,19H,7-8,11-17H2;(H,3,4)(H,5,6). The molecule has 2 fully saturated rings. The largest absolute Gasteiger partial charge is 0.473 e. The molecule has 0 amide bonds. The highest BCUT2D eigenvalue weighted by Gasteiger charge is 2.28. The zero-order chi connectivity index (χ0) is 22.9. The Kier molecular flexibility index (Phi) is 8.52. The van der Waals surface area contributed by atoms with Crippen molar-refractivity contribution < 1.29 is 24.2 Å². The molecule has 0 atom stereocenters. The number of hydrogen-bond acceptors (Lipinski definition) is 6. The smallest absolute Gasteiger partial charge is 0.414 e. The molecule has 2 aliphatic heterocycles. The van der Waals surface area contributed by atoms with E-state index < -0.39 is 11.9 Å². The highest BCUT2D eigenvalue weighted by Crippen LogP contribution is 2.23. The highest BCUT2D eigenvalue weighted by molar-refractivity contribution is 6.27. The van der Waals surface area contributed by atoms with Gasteiger partial charge in [-0.05, 0) is 55.8 Å². The van der Waals surface area contributed by atoms with E-state index in [1.807, 2.05) is 24.5 Å². The average Bonchev–Trinajstić information content (AvgIpc) is 2.81. The first-order valence-electron chi connectivity index (χ1n) is 10.7. The molecule has 0 radical (unpaired) electrons. The van der Waals surface area contributed by atoms with Crippen molar-refractivity contribution in [3.05, 3.63) is 60.2 Å². The number of carbonyl (C=O) groups is 2. The molecule has 3 heterocycles. The van der Waals surface area contributed by atoms with E-state index in [1.54, 1.807) is 12.1 Å². The molecular formula is C23H29FN4O4. The van der Waals surface area contributed by atoms with Crippen LogP contribution in [0.15, 0.2) is 48.8 Å². The molecule has 4 rings (SSSR count). The summed E-state index contributed by atoms with van der Waals surface area (Å²) in [6, 6.07) is 12.0. The van der Waals surface area contributed by atoms with Crippen LogP contribution >= 0.6 is 0 Å². The molecule has 0 saturated carbocycles. The van der Waals surface area contributed by atoms with Crippen molar-refractivity contribution in [2.75, 3.05) is 44.2 Å². The van der Waals surface area contributed by atoms with Crippen LogP contribution in [0.4, 0.5) is 10.1 Å². The molecule has 2 aliphatic rings. The van der Waals surface area contributed by atoms with Crippen molar-refractivity contribution in [1.82, 2.24) is 14.8 Å². The summed E-state index contributed by atoms with van der Waals surface area (Å²) in [7, 11) is 0. The van der Waals surface area contributed by atoms with Gasteiger partial charge in [-0.25, -0.2) is 14.0 Å². The van der Waals surface area contributed by atoms with Crippen LogP contribution in [0.3, 0.4) is 0 Å². The molecular weight excluding hydrogens is 415 g/mol. The molecule has 2 N–H and O–H groups in total. The van der Waals surface area contributed by atoms with Gasteiger partial charge in [-0.2, -0.15) is 0 Å². The highest BCUT2D eigenvalue weighted by atomic mass is 19.1. The molecule has 9 heteroatoms. The fourth-order valence-electron chi connectivity index (χ4n) is 4.23. The van der Waals surface area contributed by atoms with Crippen LogP contribution < -0.4 is 4.90 Å². The van der Waals surface area contributed by atoms with Crippen LogP contribution in [0.25, 0.3) is 0 Å². The minimum absolute atomic E-state index is 0.106. The Bertz CT molecular complexity index is 871. The second-order valence-electron chi connectivity index (χ2n) is 7.95. The third-order valence-corrected chi connectivity index (χ3v) is 5.92. The molecule has 2 saturated heterocycles. The normalized spacial score (nSPS) is 18.0. The number of aliphatic carboxylic acids is 2. The maximum absolute atomic E-state index is 14.0. The number of nitrogens with zero attached hydrogens (tertiary/aromatic N) is 4. The van der Waals surface area contributed by atoms with Crippen molar-refractivity contribution in [2.45, 2.75) is 25.4 Å². The maximum Gasteiger partial charge on any atom is 0.414 e. The predicted octanol–water partition coefficient (Wildman–Crippen LogP) is 2.16. The van der Waals surface area contributed by atoms with Crippen molar-refractivity contribution in [3.63, 3.8) is 0 Å². The summed E-state index contributed by atoms with van der Waals surface area (Å²) < 4.78 is 14.0. The summed E-state index contributed by atoms with van der Waals surface area (Å²) in [5, 5.41) is 14.8. The van der Waals surface area contributed by atoms with E-state index in [0.717, 1.165) is 51.5 Å². The summed E-state index contributed by atoms with van der Waals surface area (Å²) >= 11 is 0. The van der Waals surface area contributed by atoms with Gasteiger partial charge in [-0.1, -0.05) is 12.1 Å². The maximum atomic E-state index is 14.0. The number of rotatable bonds is 4. The Morgan fingerprint density at radius 2 is 1.50 bits per heavy atom. The van der Waals surface area contributed by atoms with Crippen LogP contribution in [-0.4, -0.2) is 82.2 Å². The Labute approximate surface area is 186 Å². The molecule has 32 heavy (non-hydrogen) atoms. The molecule has 2 aromatic rings. The summed E-state index contributed by atoms with van der Waals surface area (Å²) in [5.41, 5.74) is 2.09. The zero-order valence-electron chi connectivity index (χ0n) is 17.9. The minimum atomic E-state index is -1.82. The third kappa shape index (κ3) is 6.73. The van der Waals surface area contributed by atoms with Gasteiger partial charge >= 0.3 is 11.9 Å². The van der Waals surface area contributed by atoms with Gasteiger partial charge in [0.15, 0.2) is 0 Å². The van der Waals surface area contributed by atoms with Gasteiger partial charge in [0.05, 0.1) is 5.69 Å². The fraction of sp³-hybridized carbons (Fsp3) is 0.435. The Balaban J connectivity index is 0.000000427. The molecule has 8 nitrogen and oxygen atoms in total. The first-order chi connectivity index (χ1) is 15.4. The van der Waals surface area contributed by atoms with Crippen LogP contribution in [0.1, 0.15) is 18.4 Å². The summed E-state index contributed by atoms with van der Waals surface area (Å²) in [6.07, 6.45) is 6.20. The van der Waals surface area contributed by atoms with Gasteiger partial charge in [0.1, 0.15) is 5.82 Å². The lowest BCUT2D eigenvalue weighted by atomic mass is 10.0. The number of para-hydroxylation sites is 1. The van der Waals surface area contributed by atoms with Crippen molar-refractivity contribution >= 4 is 17.6 Å². The molecule has 172 valence electrons. The number of halogens is 1. The van der Waals surface area contributed by atoms with Crippen molar-refractivity contribution in [1.29, 1.82) is 0 Å². The van der Waals surface area contributed by atoms with E-state index in [2.05, 4.69) is 31.8 Å². The van der Waals surface area contributed by atoms with E-state index in [9.17, 15) is 4.39 Å². The Morgan fingerprint density at radius 1 is 0.906 bits per heavy atom. The number of carboxylic acids is 2. The fourth-order valence-corrected chi connectivity index (χ4v) is 4.23. The first kappa shape index (κ1) is 23.6. The van der Waals surface area contributed by atoms with Gasteiger partial charge in [-0.15, -0.1) is 0 Å². The van der Waals surface area contributed by atoms with Gasteiger partial charge in [-0.3, -0.25) is 14.8 Å². The van der Waals surface area contributed by atoms with Crippen molar-refractivity contribution in [2.24, 2.45) is 0 Å². The molecule has 0 unspecified atom stereocenters. The minimum Gasteiger partial charge on any atom is -0.473 e. The lowest BCUT2D eigenvalue weighted by Crippen LogP contribution is -2.53. The Morgan fingerprint density at radius 3 is 2.06 bits per heavy atom. The average molecular weight is 445 g/mol. The van der Waals surface area contributed by atoms with Gasteiger partial charge in [0.2, 0.25) is 0 Å². The van der Waals surface area contributed by atoms with Crippen LogP contribution in [0, 0.1) is 5.82 Å². The number of anilines is 1. The summed E-state index contributed by atoms with van der Waals surface area (Å²) in [4.78, 5) is 29.6. The summed E-state index contributed by atoms with van der Waals surface area (Å²) in [6.45, 7) is 7.22. The monoisotopic (exact) mass is 444 g/mol. The molecule has 0 bridgehead atoms. The number of piperidine rings is 1.